The third-order valence-corrected chi connectivity index (χ3v) is 3.53. The van der Waals surface area contributed by atoms with Crippen molar-refractivity contribution < 1.29 is 29.1 Å². The molecule has 0 heterocycles. The van der Waals surface area contributed by atoms with Gasteiger partial charge in [0.15, 0.2) is 0 Å². The topological polar surface area (TPSA) is 105 Å². The Kier molecular flexibility index (Phi) is 9.46. The molecule has 27 heavy (non-hydrogen) atoms. The highest BCUT2D eigenvalue weighted by Crippen LogP contribution is 2.14. The van der Waals surface area contributed by atoms with Crippen molar-refractivity contribution in [3.63, 3.8) is 0 Å². The molecule has 0 saturated heterocycles. The first-order chi connectivity index (χ1) is 12.7. The van der Waals surface area contributed by atoms with Crippen LogP contribution in [0, 0.1) is 0 Å². The summed E-state index contributed by atoms with van der Waals surface area (Å²) in [6, 6.07) is 8.41. The molecule has 1 aromatic rings. The maximum Gasteiger partial charge on any atom is 0.417 e. The molecule has 1 aromatic carbocycles. The Morgan fingerprint density at radius 3 is 2.44 bits per heavy atom. The number of ether oxygens (including phenoxy) is 1. The number of nitrogens with one attached hydrogen (secondary N) is 1. The first-order valence-electron chi connectivity index (χ1n) is 8.82. The molecule has 0 spiro atoms. The monoisotopic (exact) mass is 380 g/mol. The van der Waals surface area contributed by atoms with Crippen LogP contribution in [0.3, 0.4) is 0 Å². The Balaban J connectivity index is 2.36. The van der Waals surface area contributed by atoms with Gasteiger partial charge in [-0.05, 0) is 45.6 Å². The van der Waals surface area contributed by atoms with Crippen molar-refractivity contribution in [2.24, 2.45) is 0 Å². The summed E-state index contributed by atoms with van der Waals surface area (Å²) in [6.45, 7) is 5.88. The molecule has 1 atom stereocenters. The van der Waals surface area contributed by atoms with Crippen molar-refractivity contribution >= 4 is 18.5 Å². The average molecular weight is 380 g/mol. The van der Waals surface area contributed by atoms with Crippen LogP contribution in [0.1, 0.15) is 45.6 Å². The maximum atomic E-state index is 12.0. The van der Waals surface area contributed by atoms with Gasteiger partial charge in [0.1, 0.15) is 11.6 Å². The second kappa shape index (κ2) is 11.3. The lowest BCUT2D eigenvalue weighted by Gasteiger charge is -2.27. The predicted octanol–water partition coefficient (Wildman–Crippen LogP) is 2.72. The lowest BCUT2D eigenvalue weighted by atomic mass is 10.1. The molecule has 2 amide bonds. The van der Waals surface area contributed by atoms with Gasteiger partial charge < -0.3 is 9.84 Å². The van der Waals surface area contributed by atoms with Gasteiger partial charge in [0.2, 0.25) is 6.41 Å². The lowest BCUT2D eigenvalue weighted by molar-refractivity contribution is -0.146. The summed E-state index contributed by atoms with van der Waals surface area (Å²) >= 11 is 0. The summed E-state index contributed by atoms with van der Waals surface area (Å²) < 4.78 is 5.08. The molecule has 0 unspecified atom stereocenters. The standard InChI is InChI=1S/C19H28N2O6/c1-19(2,3)27-18(25)21(14-22)16(17(23)24)11-7-8-12-20-26-13-15-9-5-4-6-10-15/h4-6,9-10,14,16,20H,7-8,11-13H2,1-3H3,(H,23,24)/t16-/m0/s1. The lowest BCUT2D eigenvalue weighted by Crippen LogP contribution is -2.46. The predicted molar refractivity (Wildman–Crippen MR) is 98.6 cm³/mol. The number of aliphatic carboxylic acids is 1. The van der Waals surface area contributed by atoms with Gasteiger partial charge in [-0.3, -0.25) is 9.63 Å². The summed E-state index contributed by atoms with van der Waals surface area (Å²) in [5.74, 6) is -1.25. The average Bonchev–Trinajstić information content (AvgIpc) is 2.59. The van der Waals surface area contributed by atoms with Crippen molar-refractivity contribution in [2.45, 2.75) is 58.3 Å². The summed E-state index contributed by atoms with van der Waals surface area (Å²) in [7, 11) is 0. The second-order valence-electron chi connectivity index (χ2n) is 7.01. The highest BCUT2D eigenvalue weighted by atomic mass is 16.6. The van der Waals surface area contributed by atoms with Gasteiger partial charge in [-0.15, -0.1) is 0 Å². The largest absolute Gasteiger partial charge is 0.480 e. The SMILES string of the molecule is CC(C)(C)OC(=O)N(C=O)[C@@H](CCCCNOCc1ccccc1)C(=O)O. The van der Waals surface area contributed by atoms with E-state index in [2.05, 4.69) is 5.48 Å². The Labute approximate surface area is 159 Å². The van der Waals surface area contributed by atoms with Crippen LogP contribution in [-0.4, -0.2) is 46.7 Å². The number of carboxylic acid groups (broad SMARTS) is 1. The molecule has 1 rings (SSSR count). The van der Waals surface area contributed by atoms with Crippen molar-refractivity contribution in [3.05, 3.63) is 35.9 Å². The Bertz CT molecular complexity index is 600. The molecule has 2 N–H and O–H groups in total. The molecule has 0 aliphatic carbocycles. The molecule has 150 valence electrons. The maximum absolute atomic E-state index is 12.0. The Morgan fingerprint density at radius 1 is 1.22 bits per heavy atom. The molecule has 0 fully saturated rings. The number of carbonyl (C=O) groups excluding carboxylic acids is 2. The van der Waals surface area contributed by atoms with E-state index in [0.29, 0.717) is 30.9 Å². The van der Waals surface area contributed by atoms with E-state index in [-0.39, 0.29) is 12.8 Å². The highest BCUT2D eigenvalue weighted by molar-refractivity contribution is 5.88. The number of benzene rings is 1. The third-order valence-electron chi connectivity index (χ3n) is 3.53. The van der Waals surface area contributed by atoms with Gasteiger partial charge in [-0.25, -0.2) is 20.0 Å². The van der Waals surface area contributed by atoms with E-state index in [0.717, 1.165) is 5.56 Å². The van der Waals surface area contributed by atoms with Crippen LogP contribution < -0.4 is 5.48 Å². The van der Waals surface area contributed by atoms with E-state index in [9.17, 15) is 19.5 Å². The van der Waals surface area contributed by atoms with E-state index in [1.54, 1.807) is 20.8 Å². The van der Waals surface area contributed by atoms with Gasteiger partial charge in [0, 0.05) is 6.54 Å². The van der Waals surface area contributed by atoms with Gasteiger partial charge in [0.25, 0.3) is 0 Å². The summed E-state index contributed by atoms with van der Waals surface area (Å²) in [5, 5.41) is 9.34. The number of rotatable bonds is 11. The number of imide groups is 1. The Hall–Kier alpha value is -2.45. The minimum atomic E-state index is -1.26. The zero-order valence-corrected chi connectivity index (χ0v) is 16.0. The number of unbranched alkanes of at least 4 members (excludes halogenated alkanes) is 1. The van der Waals surface area contributed by atoms with Crippen LogP contribution in [0.25, 0.3) is 0 Å². The van der Waals surface area contributed by atoms with Crippen LogP contribution in [-0.2, 0) is 25.8 Å². The van der Waals surface area contributed by atoms with Crippen LogP contribution in [0.4, 0.5) is 4.79 Å². The summed E-state index contributed by atoms with van der Waals surface area (Å²) in [4.78, 5) is 40.6. The zero-order chi connectivity index (χ0) is 20.3. The quantitative estimate of drug-likeness (QED) is 0.345. The molecule has 8 heteroatoms. The number of amides is 2. The van der Waals surface area contributed by atoms with Crippen molar-refractivity contribution in [2.75, 3.05) is 6.54 Å². The van der Waals surface area contributed by atoms with Crippen LogP contribution in [0.2, 0.25) is 0 Å². The van der Waals surface area contributed by atoms with Gasteiger partial charge in [0.05, 0.1) is 6.61 Å². The van der Waals surface area contributed by atoms with Crippen molar-refractivity contribution in [1.82, 2.24) is 10.4 Å². The van der Waals surface area contributed by atoms with Crippen LogP contribution in [0.5, 0.6) is 0 Å². The fraction of sp³-hybridized carbons (Fsp3) is 0.526. The third kappa shape index (κ3) is 9.16. The van der Waals surface area contributed by atoms with Gasteiger partial charge in [-0.2, -0.15) is 0 Å². The van der Waals surface area contributed by atoms with Crippen molar-refractivity contribution in [1.29, 1.82) is 0 Å². The molecule has 0 saturated carbocycles. The summed E-state index contributed by atoms with van der Waals surface area (Å²) in [5.41, 5.74) is 3.03. The van der Waals surface area contributed by atoms with Gasteiger partial charge >= 0.3 is 12.1 Å². The number of nitrogens with zero attached hydrogens (tertiary/aromatic N) is 1. The molecule has 0 aromatic heterocycles. The zero-order valence-electron chi connectivity index (χ0n) is 16.0. The first kappa shape index (κ1) is 22.6. The van der Waals surface area contributed by atoms with Crippen LogP contribution in [0.15, 0.2) is 30.3 Å². The minimum absolute atomic E-state index is 0.133. The smallest absolute Gasteiger partial charge is 0.417 e. The van der Waals surface area contributed by atoms with Gasteiger partial charge in [-0.1, -0.05) is 30.3 Å². The molecule has 0 bridgehead atoms. The van der Waals surface area contributed by atoms with Crippen LogP contribution >= 0.6 is 0 Å². The van der Waals surface area contributed by atoms with E-state index in [1.807, 2.05) is 30.3 Å². The number of hydroxylamine groups is 1. The first-order valence-corrected chi connectivity index (χ1v) is 8.82. The molecule has 8 nitrogen and oxygen atoms in total. The number of carboxylic acids is 1. The number of hydrogen-bond donors (Lipinski definition) is 2. The molecule has 0 aliphatic heterocycles. The van der Waals surface area contributed by atoms with Crippen molar-refractivity contribution in [3.8, 4) is 0 Å². The minimum Gasteiger partial charge on any atom is -0.480 e. The molecular weight excluding hydrogens is 352 g/mol. The van der Waals surface area contributed by atoms with E-state index in [4.69, 9.17) is 9.57 Å². The fourth-order valence-electron chi connectivity index (χ4n) is 2.26. The molecule has 0 radical (unpaired) electrons. The molecular formula is C19H28N2O6. The van der Waals surface area contributed by atoms with E-state index >= 15 is 0 Å². The molecule has 0 aliphatic rings. The number of carbonyl (C=O) groups is 3. The normalized spacial score (nSPS) is 12.3. The van der Waals surface area contributed by atoms with E-state index in [1.165, 1.54) is 0 Å². The highest BCUT2D eigenvalue weighted by Gasteiger charge is 2.32. The Morgan fingerprint density at radius 2 is 1.89 bits per heavy atom. The fourth-order valence-corrected chi connectivity index (χ4v) is 2.26. The summed E-state index contributed by atoms with van der Waals surface area (Å²) in [6.07, 6.45) is 0.488. The van der Waals surface area contributed by atoms with E-state index < -0.39 is 23.7 Å². The number of hydrogen-bond acceptors (Lipinski definition) is 6. The second-order valence-corrected chi connectivity index (χ2v) is 7.01.